The van der Waals surface area contributed by atoms with E-state index in [1.54, 1.807) is 0 Å². The molecule has 0 saturated carbocycles. The summed E-state index contributed by atoms with van der Waals surface area (Å²) in [6.07, 6.45) is 1.92. The molecule has 1 unspecified atom stereocenters. The third kappa shape index (κ3) is 4.91. The average molecular weight is 211 g/mol. The Balaban J connectivity index is 2.27. The predicted octanol–water partition coefficient (Wildman–Crippen LogP) is 1.73. The number of hydrogen-bond acceptors (Lipinski definition) is 2. The summed E-state index contributed by atoms with van der Waals surface area (Å²) in [5.74, 6) is -0.190. The van der Waals surface area contributed by atoms with Gasteiger partial charge in [0, 0.05) is 12.6 Å². The Morgan fingerprint density at radius 2 is 2.00 bits per heavy atom. The van der Waals surface area contributed by atoms with Gasteiger partial charge in [0.05, 0.1) is 6.61 Å². The zero-order valence-corrected chi connectivity index (χ0v) is 9.04. The van der Waals surface area contributed by atoms with Crippen molar-refractivity contribution in [1.29, 1.82) is 0 Å². The van der Waals surface area contributed by atoms with Crippen LogP contribution in [0.5, 0.6) is 0 Å². The Morgan fingerprint density at radius 1 is 1.33 bits per heavy atom. The summed E-state index contributed by atoms with van der Waals surface area (Å²) in [5, 5.41) is 11.8. The monoisotopic (exact) mass is 211 g/mol. The molecule has 1 aromatic rings. The number of hydrogen-bond donors (Lipinski definition) is 2. The minimum Gasteiger partial charge on any atom is -0.395 e. The molecule has 0 bridgehead atoms. The van der Waals surface area contributed by atoms with Crippen LogP contribution in [0.2, 0.25) is 0 Å². The smallest absolute Gasteiger partial charge is 0.123 e. The van der Waals surface area contributed by atoms with Gasteiger partial charge in [-0.3, -0.25) is 0 Å². The van der Waals surface area contributed by atoms with Crippen molar-refractivity contribution < 1.29 is 9.50 Å². The van der Waals surface area contributed by atoms with E-state index in [1.807, 2.05) is 12.1 Å². The van der Waals surface area contributed by atoms with Gasteiger partial charge in [0.15, 0.2) is 0 Å². The fraction of sp³-hybridized carbons (Fsp3) is 0.500. The molecule has 15 heavy (non-hydrogen) atoms. The number of aliphatic hydroxyl groups is 1. The molecule has 0 fully saturated rings. The number of aliphatic hydroxyl groups excluding tert-OH is 1. The van der Waals surface area contributed by atoms with Crippen molar-refractivity contribution in [2.75, 3.05) is 13.2 Å². The maximum atomic E-state index is 12.6. The van der Waals surface area contributed by atoms with Crippen molar-refractivity contribution in [2.45, 2.75) is 25.8 Å². The van der Waals surface area contributed by atoms with Crippen molar-refractivity contribution in [3.05, 3.63) is 35.6 Å². The molecule has 1 rings (SSSR count). The van der Waals surface area contributed by atoms with E-state index in [1.165, 1.54) is 12.1 Å². The first kappa shape index (κ1) is 12.1. The van der Waals surface area contributed by atoms with Crippen LogP contribution in [0.25, 0.3) is 0 Å². The summed E-state index contributed by atoms with van der Waals surface area (Å²) in [5.41, 5.74) is 1.15. The molecule has 0 heterocycles. The van der Waals surface area contributed by atoms with Gasteiger partial charge in [-0.15, -0.1) is 0 Å². The summed E-state index contributed by atoms with van der Waals surface area (Å²) in [7, 11) is 0. The lowest BCUT2D eigenvalue weighted by Gasteiger charge is -2.12. The van der Waals surface area contributed by atoms with Gasteiger partial charge in [-0.05, 0) is 37.5 Å². The second-order valence-electron chi connectivity index (χ2n) is 3.74. The van der Waals surface area contributed by atoms with Crippen molar-refractivity contribution in [3.63, 3.8) is 0 Å². The van der Waals surface area contributed by atoms with Crippen LogP contribution in [0.4, 0.5) is 4.39 Å². The summed E-state index contributed by atoms with van der Waals surface area (Å²) >= 11 is 0. The Kier molecular flexibility index (Phi) is 5.29. The Morgan fingerprint density at radius 3 is 2.60 bits per heavy atom. The Labute approximate surface area is 90.1 Å². The highest BCUT2D eigenvalue weighted by atomic mass is 19.1. The number of benzene rings is 1. The number of halogens is 1. The molecule has 0 radical (unpaired) electrons. The van der Waals surface area contributed by atoms with Crippen LogP contribution in [0.15, 0.2) is 24.3 Å². The van der Waals surface area contributed by atoms with E-state index in [0.717, 1.165) is 18.4 Å². The SMILES string of the molecule is CC(CCc1ccc(F)cc1)NCCO. The van der Waals surface area contributed by atoms with E-state index in [4.69, 9.17) is 5.11 Å². The van der Waals surface area contributed by atoms with Crippen LogP contribution in [0, 0.1) is 5.82 Å². The molecule has 0 aliphatic heterocycles. The summed E-state index contributed by atoms with van der Waals surface area (Å²) in [4.78, 5) is 0. The van der Waals surface area contributed by atoms with Crippen LogP contribution < -0.4 is 5.32 Å². The second-order valence-corrected chi connectivity index (χ2v) is 3.74. The third-order valence-corrected chi connectivity index (χ3v) is 2.38. The maximum absolute atomic E-state index is 12.6. The molecule has 3 heteroatoms. The molecule has 0 aromatic heterocycles. The summed E-state index contributed by atoms with van der Waals surface area (Å²) in [6.45, 7) is 2.88. The molecular formula is C12H18FNO. The van der Waals surface area contributed by atoms with Gasteiger partial charge in [-0.2, -0.15) is 0 Å². The van der Waals surface area contributed by atoms with Crippen LogP contribution in [-0.4, -0.2) is 24.3 Å². The minimum absolute atomic E-state index is 0.168. The molecule has 0 saturated heterocycles. The van der Waals surface area contributed by atoms with Gasteiger partial charge in [-0.25, -0.2) is 4.39 Å². The van der Waals surface area contributed by atoms with Crippen molar-refractivity contribution >= 4 is 0 Å². The molecule has 0 aliphatic carbocycles. The van der Waals surface area contributed by atoms with E-state index >= 15 is 0 Å². The number of nitrogens with one attached hydrogen (secondary N) is 1. The first-order valence-corrected chi connectivity index (χ1v) is 5.31. The standard InChI is InChI=1S/C12H18FNO/c1-10(14-8-9-15)2-3-11-4-6-12(13)7-5-11/h4-7,10,14-15H,2-3,8-9H2,1H3. The predicted molar refractivity (Wildman–Crippen MR) is 59.3 cm³/mol. The molecule has 2 nitrogen and oxygen atoms in total. The molecule has 0 spiro atoms. The first-order chi connectivity index (χ1) is 7.22. The molecule has 0 aliphatic rings. The van der Waals surface area contributed by atoms with Gasteiger partial charge in [0.1, 0.15) is 5.82 Å². The van der Waals surface area contributed by atoms with Crippen molar-refractivity contribution in [1.82, 2.24) is 5.32 Å². The van der Waals surface area contributed by atoms with Crippen LogP contribution in [0.1, 0.15) is 18.9 Å². The van der Waals surface area contributed by atoms with Gasteiger partial charge < -0.3 is 10.4 Å². The largest absolute Gasteiger partial charge is 0.395 e. The molecule has 84 valence electrons. The third-order valence-electron chi connectivity index (χ3n) is 2.38. The van der Waals surface area contributed by atoms with Gasteiger partial charge in [-0.1, -0.05) is 12.1 Å². The highest BCUT2D eigenvalue weighted by Crippen LogP contribution is 2.06. The highest BCUT2D eigenvalue weighted by Gasteiger charge is 2.01. The van der Waals surface area contributed by atoms with Crippen molar-refractivity contribution in [2.24, 2.45) is 0 Å². The molecular weight excluding hydrogens is 193 g/mol. The zero-order valence-electron chi connectivity index (χ0n) is 9.04. The molecule has 1 atom stereocenters. The fourth-order valence-electron chi connectivity index (χ4n) is 1.45. The van der Waals surface area contributed by atoms with Crippen LogP contribution in [-0.2, 0) is 6.42 Å². The normalized spacial score (nSPS) is 12.7. The summed E-state index contributed by atoms with van der Waals surface area (Å²) in [6, 6.07) is 6.98. The number of aryl methyl sites for hydroxylation is 1. The second kappa shape index (κ2) is 6.53. The first-order valence-electron chi connectivity index (χ1n) is 5.31. The van der Waals surface area contributed by atoms with Gasteiger partial charge in [0.25, 0.3) is 0 Å². The fourth-order valence-corrected chi connectivity index (χ4v) is 1.45. The maximum Gasteiger partial charge on any atom is 0.123 e. The topological polar surface area (TPSA) is 32.3 Å². The lowest BCUT2D eigenvalue weighted by molar-refractivity contribution is 0.284. The Hall–Kier alpha value is -0.930. The van der Waals surface area contributed by atoms with E-state index in [9.17, 15) is 4.39 Å². The number of rotatable bonds is 6. The van der Waals surface area contributed by atoms with E-state index in [0.29, 0.717) is 12.6 Å². The van der Waals surface area contributed by atoms with Gasteiger partial charge in [0.2, 0.25) is 0 Å². The summed E-state index contributed by atoms with van der Waals surface area (Å²) < 4.78 is 12.6. The van der Waals surface area contributed by atoms with Gasteiger partial charge >= 0.3 is 0 Å². The van der Waals surface area contributed by atoms with Crippen LogP contribution >= 0.6 is 0 Å². The lowest BCUT2D eigenvalue weighted by Crippen LogP contribution is -2.29. The zero-order chi connectivity index (χ0) is 11.1. The van der Waals surface area contributed by atoms with Crippen molar-refractivity contribution in [3.8, 4) is 0 Å². The van der Waals surface area contributed by atoms with E-state index in [2.05, 4.69) is 12.2 Å². The minimum atomic E-state index is -0.190. The average Bonchev–Trinajstić information content (AvgIpc) is 2.25. The molecule has 0 amide bonds. The lowest BCUT2D eigenvalue weighted by atomic mass is 10.1. The van der Waals surface area contributed by atoms with Crippen LogP contribution in [0.3, 0.4) is 0 Å². The highest BCUT2D eigenvalue weighted by molar-refractivity contribution is 5.16. The molecule has 2 N–H and O–H groups in total. The molecule has 1 aromatic carbocycles. The Bertz CT molecular complexity index is 273. The quantitative estimate of drug-likeness (QED) is 0.751. The van der Waals surface area contributed by atoms with E-state index < -0.39 is 0 Å². The van der Waals surface area contributed by atoms with E-state index in [-0.39, 0.29) is 12.4 Å².